The number of rotatable bonds is 30. The number of benzene rings is 1. The predicted octanol–water partition coefficient (Wildman–Crippen LogP) is 9.71. The Morgan fingerprint density at radius 2 is 0.818 bits per heavy atom. The van der Waals surface area contributed by atoms with Gasteiger partial charge in [-0.2, -0.15) is 0 Å². The molecule has 44 heavy (non-hydrogen) atoms. The molecule has 0 aromatic heterocycles. The normalized spacial score (nSPS) is 11.4. The highest BCUT2D eigenvalue weighted by Crippen LogP contribution is 2.12. The molecular weight excluding hydrogens is 548 g/mol. The first kappa shape index (κ1) is 40.1. The third-order valence-corrected chi connectivity index (χ3v) is 8.46. The minimum atomic E-state index is -0.383. The van der Waals surface area contributed by atoms with Crippen LogP contribution in [-0.2, 0) is 9.47 Å². The topological polar surface area (TPSA) is 59.1 Å². The van der Waals surface area contributed by atoms with E-state index in [1.165, 1.54) is 103 Å². The standard InChI is InChI=1S/C38H68N2O4/c1-5-7-9-11-13-15-17-19-28-39(3)30-21-23-32-43-37(41)35-26-25-27-36(34-35)38(42)44-33-24-22-31-40(4)29-20-18-16-14-12-10-8-6-2/h25-27,34H,5-24,28-33H2,1-4H3. The molecule has 0 N–H and O–H groups in total. The molecule has 0 saturated carbocycles. The molecule has 0 unspecified atom stereocenters. The summed E-state index contributed by atoms with van der Waals surface area (Å²) in [6.45, 7) is 9.62. The third kappa shape index (κ3) is 22.6. The van der Waals surface area contributed by atoms with E-state index in [9.17, 15) is 9.59 Å². The van der Waals surface area contributed by atoms with Gasteiger partial charge in [-0.3, -0.25) is 0 Å². The summed E-state index contributed by atoms with van der Waals surface area (Å²) < 4.78 is 11.0. The Kier molecular flexibility index (Phi) is 26.0. The van der Waals surface area contributed by atoms with Gasteiger partial charge in [-0.1, -0.05) is 110 Å². The van der Waals surface area contributed by atoms with Crippen molar-refractivity contribution < 1.29 is 19.1 Å². The summed E-state index contributed by atoms with van der Waals surface area (Å²) in [5, 5.41) is 0. The van der Waals surface area contributed by atoms with Crippen LogP contribution in [0.25, 0.3) is 0 Å². The summed E-state index contributed by atoms with van der Waals surface area (Å²) in [5.41, 5.74) is 0.794. The van der Waals surface area contributed by atoms with Crippen molar-refractivity contribution >= 4 is 11.9 Å². The van der Waals surface area contributed by atoms with E-state index in [0.717, 1.165) is 51.9 Å². The van der Waals surface area contributed by atoms with Crippen LogP contribution in [0.15, 0.2) is 24.3 Å². The number of hydrogen-bond donors (Lipinski definition) is 0. The summed E-state index contributed by atoms with van der Waals surface area (Å²) in [7, 11) is 4.35. The van der Waals surface area contributed by atoms with E-state index in [1.54, 1.807) is 24.3 Å². The number of carbonyl (C=O) groups is 2. The molecule has 0 radical (unpaired) electrons. The maximum absolute atomic E-state index is 12.5. The second kappa shape index (κ2) is 28.5. The molecule has 6 heteroatoms. The first-order valence-electron chi connectivity index (χ1n) is 18.3. The van der Waals surface area contributed by atoms with Crippen LogP contribution in [0.1, 0.15) is 163 Å². The minimum absolute atomic E-state index is 0.383. The lowest BCUT2D eigenvalue weighted by atomic mass is 10.1. The summed E-state index contributed by atoms with van der Waals surface area (Å²) in [6.07, 6.45) is 25.2. The summed E-state index contributed by atoms with van der Waals surface area (Å²) in [6, 6.07) is 6.69. The van der Waals surface area contributed by atoms with Crippen molar-refractivity contribution in [2.75, 3.05) is 53.5 Å². The van der Waals surface area contributed by atoms with Gasteiger partial charge >= 0.3 is 11.9 Å². The van der Waals surface area contributed by atoms with Gasteiger partial charge in [0.2, 0.25) is 0 Å². The lowest BCUT2D eigenvalue weighted by molar-refractivity contribution is 0.0494. The van der Waals surface area contributed by atoms with Crippen LogP contribution in [0.4, 0.5) is 0 Å². The minimum Gasteiger partial charge on any atom is -0.462 e. The molecule has 0 heterocycles. The van der Waals surface area contributed by atoms with Crippen LogP contribution in [-0.4, -0.2) is 75.2 Å². The van der Waals surface area contributed by atoms with Gasteiger partial charge in [0.1, 0.15) is 0 Å². The summed E-state index contributed by atoms with van der Waals surface area (Å²) in [4.78, 5) is 29.8. The summed E-state index contributed by atoms with van der Waals surface area (Å²) in [5.74, 6) is -0.766. The largest absolute Gasteiger partial charge is 0.462 e. The lowest BCUT2D eigenvalue weighted by Gasteiger charge is -2.16. The van der Waals surface area contributed by atoms with Crippen LogP contribution < -0.4 is 0 Å². The Bertz CT molecular complexity index is 768. The molecule has 0 aliphatic carbocycles. The first-order valence-corrected chi connectivity index (χ1v) is 18.3. The molecule has 0 spiro atoms. The molecule has 6 nitrogen and oxygen atoms in total. The van der Waals surface area contributed by atoms with Gasteiger partial charge in [0.25, 0.3) is 0 Å². The zero-order valence-corrected chi connectivity index (χ0v) is 29.2. The lowest BCUT2D eigenvalue weighted by Crippen LogP contribution is -2.21. The van der Waals surface area contributed by atoms with E-state index < -0.39 is 0 Å². The maximum Gasteiger partial charge on any atom is 0.338 e. The van der Waals surface area contributed by atoms with Crippen LogP contribution in [0.2, 0.25) is 0 Å². The molecule has 0 aliphatic heterocycles. The van der Waals surface area contributed by atoms with Crippen molar-refractivity contribution in [1.82, 2.24) is 9.80 Å². The fraction of sp³-hybridized carbons (Fsp3) is 0.789. The number of carbonyl (C=O) groups excluding carboxylic acids is 2. The molecule has 254 valence electrons. The van der Waals surface area contributed by atoms with Gasteiger partial charge in [0.05, 0.1) is 24.3 Å². The molecule has 0 atom stereocenters. The second-order valence-electron chi connectivity index (χ2n) is 12.8. The average Bonchev–Trinajstić information content (AvgIpc) is 3.03. The SMILES string of the molecule is CCCCCCCCCCN(C)CCCCOC(=O)c1cccc(C(=O)OCCCCN(C)CCCCCCCCCC)c1. The smallest absolute Gasteiger partial charge is 0.338 e. The van der Waals surface area contributed by atoms with E-state index in [0.29, 0.717) is 24.3 Å². The van der Waals surface area contributed by atoms with E-state index in [-0.39, 0.29) is 11.9 Å². The van der Waals surface area contributed by atoms with Crippen molar-refractivity contribution in [3.63, 3.8) is 0 Å². The maximum atomic E-state index is 12.5. The van der Waals surface area contributed by atoms with Gasteiger partial charge < -0.3 is 19.3 Å². The Morgan fingerprint density at radius 3 is 1.18 bits per heavy atom. The molecular formula is C38H68N2O4. The Labute approximate surface area is 271 Å². The van der Waals surface area contributed by atoms with Crippen molar-refractivity contribution in [2.24, 2.45) is 0 Å². The molecule has 1 aromatic carbocycles. The highest BCUT2D eigenvalue weighted by atomic mass is 16.5. The molecule has 1 rings (SSSR count). The second-order valence-corrected chi connectivity index (χ2v) is 12.8. The fourth-order valence-corrected chi connectivity index (χ4v) is 5.49. The van der Waals surface area contributed by atoms with E-state index in [4.69, 9.17) is 9.47 Å². The molecule has 0 amide bonds. The Balaban J connectivity index is 2.10. The molecule has 1 aromatic rings. The van der Waals surface area contributed by atoms with Crippen molar-refractivity contribution in [3.05, 3.63) is 35.4 Å². The van der Waals surface area contributed by atoms with Gasteiger partial charge in [0, 0.05) is 0 Å². The van der Waals surface area contributed by atoms with Crippen LogP contribution >= 0.6 is 0 Å². The zero-order chi connectivity index (χ0) is 32.1. The number of esters is 2. The van der Waals surface area contributed by atoms with Crippen molar-refractivity contribution in [1.29, 1.82) is 0 Å². The quantitative estimate of drug-likeness (QED) is 0.0633. The van der Waals surface area contributed by atoms with Crippen molar-refractivity contribution in [3.8, 4) is 0 Å². The third-order valence-electron chi connectivity index (χ3n) is 8.46. The van der Waals surface area contributed by atoms with Crippen LogP contribution in [0.3, 0.4) is 0 Å². The monoisotopic (exact) mass is 617 g/mol. The molecule has 0 fully saturated rings. The van der Waals surface area contributed by atoms with Gasteiger partial charge in [-0.05, 0) is 97.0 Å². The van der Waals surface area contributed by atoms with Gasteiger partial charge in [-0.15, -0.1) is 0 Å². The highest BCUT2D eigenvalue weighted by Gasteiger charge is 2.13. The number of unbranched alkanes of at least 4 members (excludes halogenated alkanes) is 16. The first-order chi connectivity index (χ1) is 21.5. The van der Waals surface area contributed by atoms with Crippen molar-refractivity contribution in [2.45, 2.75) is 142 Å². The van der Waals surface area contributed by atoms with Crippen LogP contribution in [0.5, 0.6) is 0 Å². The van der Waals surface area contributed by atoms with Gasteiger partial charge in [-0.25, -0.2) is 9.59 Å². The van der Waals surface area contributed by atoms with E-state index >= 15 is 0 Å². The molecule has 0 aliphatic rings. The van der Waals surface area contributed by atoms with Crippen LogP contribution in [0, 0.1) is 0 Å². The summed E-state index contributed by atoms with van der Waals surface area (Å²) >= 11 is 0. The zero-order valence-electron chi connectivity index (χ0n) is 29.2. The van der Waals surface area contributed by atoms with Gasteiger partial charge in [0.15, 0.2) is 0 Å². The number of ether oxygens (including phenoxy) is 2. The molecule has 0 saturated heterocycles. The van der Waals surface area contributed by atoms with E-state index in [2.05, 4.69) is 37.7 Å². The Hall–Kier alpha value is -1.92. The average molecular weight is 617 g/mol. The molecule has 0 bridgehead atoms. The predicted molar refractivity (Wildman–Crippen MR) is 186 cm³/mol. The number of hydrogen-bond acceptors (Lipinski definition) is 6. The Morgan fingerprint density at radius 1 is 0.500 bits per heavy atom. The highest BCUT2D eigenvalue weighted by molar-refractivity contribution is 5.95. The fourth-order valence-electron chi connectivity index (χ4n) is 5.49. The number of nitrogens with zero attached hydrogens (tertiary/aromatic N) is 2. The van der Waals surface area contributed by atoms with E-state index in [1.807, 2.05) is 0 Å².